The zero-order valence-electron chi connectivity index (χ0n) is 10.3. The number of anilines is 1. The molecule has 0 spiro atoms. The van der Waals surface area contributed by atoms with Gasteiger partial charge in [-0.3, -0.25) is 4.79 Å². The van der Waals surface area contributed by atoms with Crippen LogP contribution in [0.2, 0.25) is 5.02 Å². The minimum Gasteiger partial charge on any atom is -0.369 e. The number of nitrogens with two attached hydrogens (primary N) is 1. The molecule has 0 atom stereocenters. The Hall–Kier alpha value is -2.07. The highest BCUT2D eigenvalue weighted by molar-refractivity contribution is 6.30. The SMILES string of the molecule is NC(=O)c1cccnc1NCCc1ccc(Cl)cc1. The predicted octanol–water partition coefficient (Wildman–Crippen LogP) is 2.49. The Labute approximate surface area is 116 Å². The molecule has 0 radical (unpaired) electrons. The van der Waals surface area contributed by atoms with Crippen LogP contribution in [-0.2, 0) is 6.42 Å². The number of nitrogens with zero attached hydrogens (tertiary/aromatic N) is 1. The second-order valence-corrected chi connectivity index (χ2v) is 4.50. The summed E-state index contributed by atoms with van der Waals surface area (Å²) in [7, 11) is 0. The number of primary amides is 1. The first-order valence-corrected chi connectivity index (χ1v) is 6.28. The number of rotatable bonds is 5. The van der Waals surface area contributed by atoms with Crippen LogP contribution >= 0.6 is 11.6 Å². The van der Waals surface area contributed by atoms with Crippen molar-refractivity contribution in [3.8, 4) is 0 Å². The van der Waals surface area contributed by atoms with E-state index in [0.29, 0.717) is 17.9 Å². The van der Waals surface area contributed by atoms with Gasteiger partial charge >= 0.3 is 0 Å². The van der Waals surface area contributed by atoms with Crippen molar-refractivity contribution >= 4 is 23.3 Å². The van der Waals surface area contributed by atoms with E-state index in [9.17, 15) is 4.79 Å². The van der Waals surface area contributed by atoms with Crippen molar-refractivity contribution in [1.82, 2.24) is 4.98 Å². The summed E-state index contributed by atoms with van der Waals surface area (Å²) in [6.07, 6.45) is 2.43. The summed E-state index contributed by atoms with van der Waals surface area (Å²) in [6.45, 7) is 0.666. The molecule has 0 saturated carbocycles. The Kier molecular flexibility index (Phi) is 4.36. The van der Waals surface area contributed by atoms with Gasteiger partial charge in [-0.1, -0.05) is 23.7 Å². The lowest BCUT2D eigenvalue weighted by Crippen LogP contribution is -2.16. The summed E-state index contributed by atoms with van der Waals surface area (Å²) in [4.78, 5) is 15.3. The fourth-order valence-electron chi connectivity index (χ4n) is 1.72. The van der Waals surface area contributed by atoms with Crippen molar-refractivity contribution < 1.29 is 4.79 Å². The lowest BCUT2D eigenvalue weighted by Gasteiger charge is -2.08. The molecular formula is C14H14ClN3O. The van der Waals surface area contributed by atoms with Crippen LogP contribution in [0.1, 0.15) is 15.9 Å². The number of pyridine rings is 1. The highest BCUT2D eigenvalue weighted by Crippen LogP contribution is 2.12. The summed E-state index contributed by atoms with van der Waals surface area (Å²) in [5, 5.41) is 3.83. The number of benzene rings is 1. The van der Waals surface area contributed by atoms with Crippen LogP contribution in [0.15, 0.2) is 42.6 Å². The van der Waals surface area contributed by atoms with Crippen LogP contribution in [0.3, 0.4) is 0 Å². The number of nitrogens with one attached hydrogen (secondary N) is 1. The Morgan fingerprint density at radius 2 is 2.00 bits per heavy atom. The van der Waals surface area contributed by atoms with Gasteiger partial charge in [-0.15, -0.1) is 0 Å². The van der Waals surface area contributed by atoms with E-state index in [1.54, 1.807) is 18.3 Å². The van der Waals surface area contributed by atoms with Crippen molar-refractivity contribution in [2.24, 2.45) is 5.73 Å². The average molecular weight is 276 g/mol. The van der Waals surface area contributed by atoms with Gasteiger partial charge in [0.25, 0.3) is 5.91 Å². The van der Waals surface area contributed by atoms with Crippen molar-refractivity contribution in [2.45, 2.75) is 6.42 Å². The molecule has 2 rings (SSSR count). The summed E-state index contributed by atoms with van der Waals surface area (Å²) in [6, 6.07) is 11.0. The highest BCUT2D eigenvalue weighted by atomic mass is 35.5. The van der Waals surface area contributed by atoms with Gasteiger partial charge in [0.1, 0.15) is 5.82 Å². The van der Waals surface area contributed by atoms with Crippen molar-refractivity contribution in [3.05, 3.63) is 58.7 Å². The Balaban J connectivity index is 1.96. The van der Waals surface area contributed by atoms with Crippen LogP contribution in [0.25, 0.3) is 0 Å². The summed E-state index contributed by atoms with van der Waals surface area (Å²) in [5.74, 6) is 0.0334. The Morgan fingerprint density at radius 1 is 1.26 bits per heavy atom. The van der Waals surface area contributed by atoms with E-state index >= 15 is 0 Å². The molecule has 0 aliphatic heterocycles. The van der Waals surface area contributed by atoms with Crippen molar-refractivity contribution in [2.75, 3.05) is 11.9 Å². The quantitative estimate of drug-likeness (QED) is 0.881. The largest absolute Gasteiger partial charge is 0.369 e. The first-order valence-electron chi connectivity index (χ1n) is 5.90. The topological polar surface area (TPSA) is 68.0 Å². The van der Waals surface area contributed by atoms with E-state index in [1.807, 2.05) is 24.3 Å². The van der Waals surface area contributed by atoms with E-state index in [4.69, 9.17) is 17.3 Å². The van der Waals surface area contributed by atoms with Gasteiger partial charge in [-0.2, -0.15) is 0 Å². The Morgan fingerprint density at radius 3 is 2.68 bits per heavy atom. The summed E-state index contributed by atoms with van der Waals surface area (Å²) < 4.78 is 0. The van der Waals surface area contributed by atoms with Gasteiger partial charge < -0.3 is 11.1 Å². The number of carbonyl (C=O) groups excluding carboxylic acids is 1. The van der Waals surface area contributed by atoms with Crippen LogP contribution in [0.4, 0.5) is 5.82 Å². The summed E-state index contributed by atoms with van der Waals surface area (Å²) >= 11 is 5.82. The standard InChI is InChI=1S/C14H14ClN3O/c15-11-5-3-10(4-6-11)7-9-18-14-12(13(16)19)2-1-8-17-14/h1-6,8H,7,9H2,(H2,16,19)(H,17,18). The number of hydrogen-bond acceptors (Lipinski definition) is 3. The smallest absolute Gasteiger partial charge is 0.252 e. The molecule has 0 aliphatic carbocycles. The van der Waals surface area contributed by atoms with Gasteiger partial charge in [-0.25, -0.2) is 4.98 Å². The normalized spacial score (nSPS) is 10.2. The molecule has 1 aromatic heterocycles. The van der Waals surface area contributed by atoms with E-state index in [-0.39, 0.29) is 0 Å². The lowest BCUT2D eigenvalue weighted by molar-refractivity contribution is 0.100. The van der Waals surface area contributed by atoms with E-state index in [2.05, 4.69) is 10.3 Å². The third-order valence-electron chi connectivity index (χ3n) is 2.69. The first-order chi connectivity index (χ1) is 9.16. The monoisotopic (exact) mass is 275 g/mol. The molecule has 4 nitrogen and oxygen atoms in total. The molecule has 0 aliphatic rings. The molecule has 98 valence electrons. The average Bonchev–Trinajstić information content (AvgIpc) is 2.41. The van der Waals surface area contributed by atoms with E-state index in [1.165, 1.54) is 0 Å². The fourth-order valence-corrected chi connectivity index (χ4v) is 1.85. The number of halogens is 1. The molecule has 0 saturated heterocycles. The molecule has 0 unspecified atom stereocenters. The van der Waals surface area contributed by atoms with E-state index < -0.39 is 5.91 Å². The first kappa shape index (κ1) is 13.4. The molecule has 1 aromatic carbocycles. The highest BCUT2D eigenvalue weighted by Gasteiger charge is 2.07. The van der Waals surface area contributed by atoms with E-state index in [0.717, 1.165) is 17.0 Å². The number of aromatic nitrogens is 1. The Bertz CT molecular complexity index is 569. The maximum atomic E-state index is 11.2. The van der Waals surface area contributed by atoms with Crippen molar-refractivity contribution in [1.29, 1.82) is 0 Å². The molecular weight excluding hydrogens is 262 g/mol. The molecule has 3 N–H and O–H groups in total. The fraction of sp³-hybridized carbons (Fsp3) is 0.143. The third kappa shape index (κ3) is 3.69. The number of amides is 1. The van der Waals surface area contributed by atoms with Crippen molar-refractivity contribution in [3.63, 3.8) is 0 Å². The molecule has 0 bridgehead atoms. The van der Waals surface area contributed by atoms with Gasteiger partial charge in [-0.05, 0) is 36.2 Å². The molecule has 2 aromatic rings. The van der Waals surface area contributed by atoms with Crippen LogP contribution in [-0.4, -0.2) is 17.4 Å². The van der Waals surface area contributed by atoms with Gasteiger partial charge in [0.15, 0.2) is 0 Å². The maximum absolute atomic E-state index is 11.2. The van der Waals surface area contributed by atoms with Gasteiger partial charge in [0.05, 0.1) is 5.56 Å². The van der Waals surface area contributed by atoms with Crippen LogP contribution in [0.5, 0.6) is 0 Å². The molecule has 5 heteroatoms. The summed E-state index contributed by atoms with van der Waals surface area (Å²) in [5.41, 5.74) is 6.84. The minimum atomic E-state index is -0.484. The predicted molar refractivity (Wildman–Crippen MR) is 76.4 cm³/mol. The van der Waals surface area contributed by atoms with Gasteiger partial charge in [0, 0.05) is 17.8 Å². The molecule has 0 fully saturated rings. The van der Waals surface area contributed by atoms with Crippen LogP contribution < -0.4 is 11.1 Å². The minimum absolute atomic E-state index is 0.401. The van der Waals surface area contributed by atoms with Gasteiger partial charge in [0.2, 0.25) is 0 Å². The second-order valence-electron chi connectivity index (χ2n) is 4.07. The maximum Gasteiger partial charge on any atom is 0.252 e. The zero-order chi connectivity index (χ0) is 13.7. The molecule has 1 heterocycles. The van der Waals surface area contributed by atoms with Crippen LogP contribution in [0, 0.1) is 0 Å². The lowest BCUT2D eigenvalue weighted by atomic mass is 10.1. The molecule has 1 amide bonds. The second kappa shape index (κ2) is 6.20. The molecule has 19 heavy (non-hydrogen) atoms. The number of carbonyl (C=O) groups is 1. The zero-order valence-corrected chi connectivity index (χ0v) is 11.0. The third-order valence-corrected chi connectivity index (χ3v) is 2.94. The number of hydrogen-bond donors (Lipinski definition) is 2.